The minimum atomic E-state index is -1.10. The maximum absolute atomic E-state index is 13.9. The van der Waals surface area contributed by atoms with Crippen LogP contribution in [0.25, 0.3) is 11.0 Å². The molecule has 2 N–H and O–H groups in total. The molecular formula is C29H40N4O4S. The van der Waals surface area contributed by atoms with Gasteiger partial charge in [-0.2, -0.15) is 11.8 Å². The van der Waals surface area contributed by atoms with E-state index < -0.39 is 23.5 Å². The normalized spacial score (nSPS) is 25.6. The van der Waals surface area contributed by atoms with E-state index in [-0.39, 0.29) is 18.2 Å². The predicted molar refractivity (Wildman–Crippen MR) is 151 cm³/mol. The molecule has 1 saturated carbocycles. The SMILES string of the molecule is CSCCC(NC(=O)c1nc2ccccc2n(C2CC3CC[C@@H](C2)N3C2CCCCCCC2)c1=O)C(=O)O. The number of thioether (sulfide) groups is 1. The highest BCUT2D eigenvalue weighted by molar-refractivity contribution is 7.98. The van der Waals surface area contributed by atoms with Crippen molar-refractivity contribution >= 4 is 34.7 Å². The van der Waals surface area contributed by atoms with Crippen LogP contribution < -0.4 is 10.9 Å². The molecule has 1 aromatic heterocycles. The largest absolute Gasteiger partial charge is 0.480 e. The van der Waals surface area contributed by atoms with Crippen molar-refractivity contribution in [3.8, 4) is 0 Å². The zero-order chi connectivity index (χ0) is 26.6. The number of rotatable bonds is 8. The van der Waals surface area contributed by atoms with Gasteiger partial charge in [-0.15, -0.1) is 0 Å². The van der Waals surface area contributed by atoms with Crippen molar-refractivity contribution in [2.45, 2.75) is 107 Å². The quantitative estimate of drug-likeness (QED) is 0.504. The van der Waals surface area contributed by atoms with Crippen molar-refractivity contribution in [1.29, 1.82) is 0 Å². The number of piperidine rings is 1. The molecule has 3 aliphatic rings. The van der Waals surface area contributed by atoms with E-state index in [1.165, 1.54) is 69.5 Å². The summed E-state index contributed by atoms with van der Waals surface area (Å²) in [6, 6.07) is 8.00. The van der Waals surface area contributed by atoms with Crippen molar-refractivity contribution in [3.05, 3.63) is 40.3 Å². The van der Waals surface area contributed by atoms with Crippen LogP contribution in [0.15, 0.2) is 29.1 Å². The van der Waals surface area contributed by atoms with Crippen molar-refractivity contribution < 1.29 is 14.7 Å². The molecule has 1 aromatic carbocycles. The first-order valence-corrected chi connectivity index (χ1v) is 15.7. The average Bonchev–Trinajstić information content (AvgIpc) is 3.14. The number of carboxylic acid groups (broad SMARTS) is 1. The lowest BCUT2D eigenvalue weighted by atomic mass is 9.89. The third-order valence-corrected chi connectivity index (χ3v) is 9.49. The van der Waals surface area contributed by atoms with Gasteiger partial charge >= 0.3 is 5.97 Å². The fourth-order valence-corrected chi connectivity index (χ4v) is 7.58. The van der Waals surface area contributed by atoms with Gasteiger partial charge in [-0.1, -0.05) is 44.2 Å². The number of carbonyl (C=O) groups is 2. The second-order valence-corrected chi connectivity index (χ2v) is 12.2. The number of aliphatic carboxylic acids is 1. The summed E-state index contributed by atoms with van der Waals surface area (Å²) in [5, 5.41) is 12.2. The molecule has 2 aromatic rings. The lowest BCUT2D eigenvalue weighted by Crippen LogP contribution is -2.50. The van der Waals surface area contributed by atoms with Crippen LogP contribution in [0, 0.1) is 0 Å². The summed E-state index contributed by atoms with van der Waals surface area (Å²) in [7, 11) is 0. The van der Waals surface area contributed by atoms with Crippen molar-refractivity contribution in [1.82, 2.24) is 19.8 Å². The van der Waals surface area contributed by atoms with Crippen LogP contribution in [-0.2, 0) is 4.79 Å². The molecule has 9 heteroatoms. The Hall–Kier alpha value is -2.39. The lowest BCUT2D eigenvalue weighted by molar-refractivity contribution is -0.139. The van der Waals surface area contributed by atoms with Gasteiger partial charge in [0.2, 0.25) is 0 Å². The summed E-state index contributed by atoms with van der Waals surface area (Å²) < 4.78 is 1.80. The molecule has 1 aliphatic carbocycles. The topological polar surface area (TPSA) is 105 Å². The van der Waals surface area contributed by atoms with Crippen LogP contribution in [0.1, 0.15) is 93.6 Å². The minimum absolute atomic E-state index is 0.00369. The second kappa shape index (κ2) is 12.2. The third kappa shape index (κ3) is 5.64. The van der Waals surface area contributed by atoms with Crippen LogP contribution >= 0.6 is 11.8 Å². The summed E-state index contributed by atoms with van der Waals surface area (Å²) in [5.74, 6) is -1.22. The lowest BCUT2D eigenvalue weighted by Gasteiger charge is -2.45. The smallest absolute Gasteiger partial charge is 0.326 e. The van der Waals surface area contributed by atoms with Gasteiger partial charge in [0.1, 0.15) is 6.04 Å². The van der Waals surface area contributed by atoms with Gasteiger partial charge in [-0.25, -0.2) is 9.78 Å². The maximum Gasteiger partial charge on any atom is 0.326 e. The van der Waals surface area contributed by atoms with Crippen LogP contribution in [0.5, 0.6) is 0 Å². The molecule has 8 nitrogen and oxygen atoms in total. The number of nitrogens with one attached hydrogen (secondary N) is 1. The zero-order valence-corrected chi connectivity index (χ0v) is 23.1. The Morgan fingerprint density at radius 3 is 2.32 bits per heavy atom. The maximum atomic E-state index is 13.9. The molecule has 5 rings (SSSR count). The number of benzene rings is 1. The standard InChI is InChI=1S/C29H40N4O4S/c1-38-16-15-24(29(36)37)31-27(34)26-28(35)33(25-12-8-7-11-23(25)30-26)22-17-20-13-14-21(18-22)32(20)19-9-5-3-2-4-6-10-19/h7-8,11-12,19-22,24H,2-6,9-10,13-18H2,1H3,(H,31,34)(H,36,37)/t20-,21?,22?,24?/m0/s1. The van der Waals surface area contributed by atoms with Crippen molar-refractivity contribution in [3.63, 3.8) is 0 Å². The Morgan fingerprint density at radius 2 is 1.66 bits per heavy atom. The molecule has 0 spiro atoms. The van der Waals surface area contributed by atoms with Crippen molar-refractivity contribution in [2.75, 3.05) is 12.0 Å². The van der Waals surface area contributed by atoms with Gasteiger partial charge < -0.3 is 15.0 Å². The minimum Gasteiger partial charge on any atom is -0.480 e. The summed E-state index contributed by atoms with van der Waals surface area (Å²) in [4.78, 5) is 46.0. The van der Waals surface area contributed by atoms with Crippen molar-refractivity contribution in [2.24, 2.45) is 0 Å². The summed E-state index contributed by atoms with van der Waals surface area (Å²) in [6.45, 7) is 0. The molecule has 4 atom stereocenters. The van der Waals surface area contributed by atoms with Crippen LogP contribution in [0.3, 0.4) is 0 Å². The van der Waals surface area contributed by atoms with Gasteiger partial charge in [-0.05, 0) is 69.1 Å². The first-order valence-electron chi connectivity index (χ1n) is 14.3. The molecule has 3 heterocycles. The van der Waals surface area contributed by atoms with E-state index in [1.54, 1.807) is 4.57 Å². The molecule has 1 amide bonds. The van der Waals surface area contributed by atoms with E-state index in [1.807, 2.05) is 30.5 Å². The van der Waals surface area contributed by atoms with Gasteiger partial charge in [0.25, 0.3) is 11.5 Å². The number of para-hydroxylation sites is 2. The predicted octanol–water partition coefficient (Wildman–Crippen LogP) is 4.61. The van der Waals surface area contributed by atoms with Crippen LogP contribution in [-0.4, -0.2) is 67.6 Å². The van der Waals surface area contributed by atoms with Crippen LogP contribution in [0.4, 0.5) is 0 Å². The highest BCUT2D eigenvalue weighted by Gasteiger charge is 2.44. The van der Waals surface area contributed by atoms with Gasteiger partial charge in [-0.3, -0.25) is 14.5 Å². The molecule has 38 heavy (non-hydrogen) atoms. The van der Waals surface area contributed by atoms with Gasteiger partial charge in [0.05, 0.1) is 11.0 Å². The second-order valence-electron chi connectivity index (χ2n) is 11.2. The fourth-order valence-electron chi connectivity index (χ4n) is 7.11. The van der Waals surface area contributed by atoms with E-state index in [2.05, 4.69) is 15.2 Å². The van der Waals surface area contributed by atoms with Gasteiger partial charge in [0, 0.05) is 24.2 Å². The third-order valence-electron chi connectivity index (χ3n) is 8.85. The molecule has 3 unspecified atom stereocenters. The van der Waals surface area contributed by atoms with E-state index in [0.29, 0.717) is 29.4 Å². The first-order chi connectivity index (χ1) is 18.5. The molecule has 2 bridgehead atoms. The molecule has 3 fully saturated rings. The Kier molecular flexibility index (Phi) is 8.73. The zero-order valence-electron chi connectivity index (χ0n) is 22.3. The van der Waals surface area contributed by atoms with E-state index in [4.69, 9.17) is 0 Å². The Morgan fingerprint density at radius 1 is 1.00 bits per heavy atom. The first kappa shape index (κ1) is 27.2. The van der Waals surface area contributed by atoms with Crippen LogP contribution in [0.2, 0.25) is 0 Å². The summed E-state index contributed by atoms with van der Waals surface area (Å²) in [5.41, 5.74) is 0.700. The molecule has 2 saturated heterocycles. The fraction of sp³-hybridized carbons (Fsp3) is 0.655. The number of hydrogen-bond donors (Lipinski definition) is 2. The number of nitrogens with zero attached hydrogens (tertiary/aromatic N) is 3. The Bertz CT molecular complexity index is 1190. The van der Waals surface area contributed by atoms with E-state index in [0.717, 1.165) is 18.4 Å². The number of amides is 1. The molecule has 206 valence electrons. The van der Waals surface area contributed by atoms with Gasteiger partial charge in [0.15, 0.2) is 5.69 Å². The number of hydrogen-bond acceptors (Lipinski definition) is 6. The number of aromatic nitrogens is 2. The monoisotopic (exact) mass is 540 g/mol. The van der Waals surface area contributed by atoms with E-state index in [9.17, 15) is 19.5 Å². The molecule has 2 aliphatic heterocycles. The Labute approximate surface area is 228 Å². The Balaban J connectivity index is 1.44. The van der Waals surface area contributed by atoms with E-state index >= 15 is 0 Å². The number of fused-ring (bicyclic) bond motifs is 3. The molecular weight excluding hydrogens is 500 g/mol. The summed E-state index contributed by atoms with van der Waals surface area (Å²) in [6.07, 6.45) is 15.5. The number of carbonyl (C=O) groups excluding carboxylic acids is 1. The highest BCUT2D eigenvalue weighted by atomic mass is 32.2. The molecule has 0 radical (unpaired) electrons. The number of carboxylic acids is 1. The highest BCUT2D eigenvalue weighted by Crippen LogP contribution is 2.44. The average molecular weight is 541 g/mol. The summed E-state index contributed by atoms with van der Waals surface area (Å²) >= 11 is 1.52.